The Balaban J connectivity index is 0.00000121. The Labute approximate surface area is 76.0 Å². The molecule has 1 rings (SSSR count). The molecule has 0 amide bonds. The van der Waals surface area contributed by atoms with Crippen molar-refractivity contribution in [2.24, 2.45) is 0 Å². The van der Waals surface area contributed by atoms with E-state index in [9.17, 15) is 0 Å². The Bertz CT molecular complexity index is 97.9. The first-order valence-electron chi connectivity index (χ1n) is 4.34. The minimum absolute atomic E-state index is 0. The van der Waals surface area contributed by atoms with Gasteiger partial charge in [0.1, 0.15) is 0 Å². The third kappa shape index (κ3) is 4.04. The van der Waals surface area contributed by atoms with Crippen LogP contribution in [0.2, 0.25) is 0 Å². The van der Waals surface area contributed by atoms with Crippen LogP contribution in [0.15, 0.2) is 0 Å². The SMILES string of the molecule is C.CN1CCN(CCCO)CC1. The summed E-state index contributed by atoms with van der Waals surface area (Å²) in [6.45, 7) is 6.06. The number of aliphatic hydroxyl groups is 1. The molecule has 0 aliphatic carbocycles. The highest BCUT2D eigenvalue weighted by molar-refractivity contribution is 4.68. The van der Waals surface area contributed by atoms with Crippen LogP contribution in [0, 0.1) is 0 Å². The second kappa shape index (κ2) is 6.40. The van der Waals surface area contributed by atoms with Crippen molar-refractivity contribution < 1.29 is 5.11 Å². The van der Waals surface area contributed by atoms with Crippen LogP contribution >= 0.6 is 0 Å². The van der Waals surface area contributed by atoms with Crippen molar-refractivity contribution in [1.82, 2.24) is 9.80 Å². The fraction of sp³-hybridized carbons (Fsp3) is 1.00. The summed E-state index contributed by atoms with van der Waals surface area (Å²) in [7, 11) is 2.16. The molecule has 3 nitrogen and oxygen atoms in total. The zero-order valence-electron chi connectivity index (χ0n) is 7.29. The highest BCUT2D eigenvalue weighted by Gasteiger charge is 2.12. The van der Waals surface area contributed by atoms with Crippen LogP contribution in [-0.4, -0.2) is 61.3 Å². The Morgan fingerprint density at radius 3 is 2.25 bits per heavy atom. The molecule has 1 N–H and O–H groups in total. The average molecular weight is 174 g/mol. The lowest BCUT2D eigenvalue weighted by Crippen LogP contribution is -2.44. The molecule has 74 valence electrons. The van der Waals surface area contributed by atoms with E-state index in [0.717, 1.165) is 26.1 Å². The maximum absolute atomic E-state index is 8.61. The van der Waals surface area contributed by atoms with Crippen molar-refractivity contribution in [3.8, 4) is 0 Å². The fourth-order valence-corrected chi connectivity index (χ4v) is 1.37. The summed E-state index contributed by atoms with van der Waals surface area (Å²) < 4.78 is 0. The van der Waals surface area contributed by atoms with E-state index in [1.807, 2.05) is 0 Å². The first-order valence-corrected chi connectivity index (χ1v) is 4.34. The molecule has 12 heavy (non-hydrogen) atoms. The number of hydrogen-bond acceptors (Lipinski definition) is 3. The normalized spacial score (nSPS) is 20.5. The van der Waals surface area contributed by atoms with Gasteiger partial charge in [0.15, 0.2) is 0 Å². The van der Waals surface area contributed by atoms with Crippen LogP contribution in [-0.2, 0) is 0 Å². The first-order chi connectivity index (χ1) is 5.33. The monoisotopic (exact) mass is 174 g/mol. The van der Waals surface area contributed by atoms with E-state index in [1.165, 1.54) is 13.1 Å². The lowest BCUT2D eigenvalue weighted by Gasteiger charge is -2.32. The largest absolute Gasteiger partial charge is 0.396 e. The van der Waals surface area contributed by atoms with Crippen LogP contribution < -0.4 is 0 Å². The number of aliphatic hydroxyl groups excluding tert-OH is 1. The summed E-state index contributed by atoms with van der Waals surface area (Å²) in [6.07, 6.45) is 0.920. The predicted octanol–water partition coefficient (Wildman–Crippen LogP) is 0.252. The topological polar surface area (TPSA) is 26.7 Å². The quantitative estimate of drug-likeness (QED) is 0.664. The van der Waals surface area contributed by atoms with Gasteiger partial charge in [0.2, 0.25) is 0 Å². The molecular weight excluding hydrogens is 152 g/mol. The van der Waals surface area contributed by atoms with Gasteiger partial charge in [-0.15, -0.1) is 0 Å². The van der Waals surface area contributed by atoms with Crippen molar-refractivity contribution in [3.05, 3.63) is 0 Å². The molecule has 0 atom stereocenters. The molecule has 0 aromatic carbocycles. The highest BCUT2D eigenvalue weighted by Crippen LogP contribution is 1.98. The first kappa shape index (κ1) is 11.9. The molecule has 0 bridgehead atoms. The second-order valence-corrected chi connectivity index (χ2v) is 3.22. The highest BCUT2D eigenvalue weighted by atomic mass is 16.3. The molecule has 1 fully saturated rings. The zero-order chi connectivity index (χ0) is 8.10. The summed E-state index contributed by atoms with van der Waals surface area (Å²) in [6, 6.07) is 0. The maximum Gasteiger partial charge on any atom is 0.0443 e. The molecule has 0 spiro atoms. The molecule has 1 aliphatic rings. The van der Waals surface area contributed by atoms with Crippen molar-refractivity contribution in [2.75, 3.05) is 46.4 Å². The van der Waals surface area contributed by atoms with Crippen LogP contribution in [0.1, 0.15) is 13.8 Å². The van der Waals surface area contributed by atoms with Gasteiger partial charge in [-0.25, -0.2) is 0 Å². The molecule has 1 heterocycles. The van der Waals surface area contributed by atoms with Crippen LogP contribution in [0.5, 0.6) is 0 Å². The third-order valence-corrected chi connectivity index (χ3v) is 2.23. The smallest absolute Gasteiger partial charge is 0.0443 e. The number of rotatable bonds is 3. The number of likely N-dealkylation sites (N-methyl/N-ethyl adjacent to an activating group) is 1. The maximum atomic E-state index is 8.61. The Hall–Kier alpha value is -0.120. The number of hydrogen-bond donors (Lipinski definition) is 1. The van der Waals surface area contributed by atoms with Crippen LogP contribution in [0.4, 0.5) is 0 Å². The molecule has 0 saturated carbocycles. The fourth-order valence-electron chi connectivity index (χ4n) is 1.37. The summed E-state index contributed by atoms with van der Waals surface area (Å²) in [5.74, 6) is 0. The van der Waals surface area contributed by atoms with Crippen LogP contribution in [0.25, 0.3) is 0 Å². The summed E-state index contributed by atoms with van der Waals surface area (Å²) >= 11 is 0. The molecule has 3 heteroatoms. The minimum Gasteiger partial charge on any atom is -0.396 e. The Morgan fingerprint density at radius 2 is 1.75 bits per heavy atom. The molecule has 0 aromatic heterocycles. The van der Waals surface area contributed by atoms with E-state index in [4.69, 9.17) is 5.11 Å². The molecule has 1 aliphatic heterocycles. The lowest BCUT2D eigenvalue weighted by molar-refractivity contribution is 0.143. The van der Waals surface area contributed by atoms with Gasteiger partial charge < -0.3 is 14.9 Å². The van der Waals surface area contributed by atoms with Crippen LogP contribution in [0.3, 0.4) is 0 Å². The van der Waals surface area contributed by atoms with Gasteiger partial charge in [-0.1, -0.05) is 7.43 Å². The lowest BCUT2D eigenvalue weighted by atomic mass is 10.3. The van der Waals surface area contributed by atoms with E-state index < -0.39 is 0 Å². The van der Waals surface area contributed by atoms with Gasteiger partial charge in [0, 0.05) is 39.3 Å². The second-order valence-electron chi connectivity index (χ2n) is 3.22. The number of piperazine rings is 1. The van der Waals surface area contributed by atoms with Crippen molar-refractivity contribution in [1.29, 1.82) is 0 Å². The van der Waals surface area contributed by atoms with E-state index in [2.05, 4.69) is 16.8 Å². The van der Waals surface area contributed by atoms with Gasteiger partial charge in [-0.3, -0.25) is 0 Å². The van der Waals surface area contributed by atoms with Crippen molar-refractivity contribution >= 4 is 0 Å². The minimum atomic E-state index is 0. The molecule has 0 radical (unpaired) electrons. The Morgan fingerprint density at radius 1 is 1.17 bits per heavy atom. The van der Waals surface area contributed by atoms with Crippen molar-refractivity contribution in [2.45, 2.75) is 13.8 Å². The predicted molar refractivity (Wildman–Crippen MR) is 52.4 cm³/mol. The average Bonchev–Trinajstić information content (AvgIpc) is 2.04. The van der Waals surface area contributed by atoms with E-state index in [-0.39, 0.29) is 7.43 Å². The molecule has 0 aromatic rings. The van der Waals surface area contributed by atoms with Gasteiger partial charge in [-0.05, 0) is 13.5 Å². The summed E-state index contributed by atoms with van der Waals surface area (Å²) in [4.78, 5) is 4.76. The standard InChI is InChI=1S/C8H18N2O.CH4/c1-9-4-6-10(7-5-9)3-2-8-11;/h11H,2-8H2,1H3;1H4. The summed E-state index contributed by atoms with van der Waals surface area (Å²) in [5.41, 5.74) is 0. The van der Waals surface area contributed by atoms with Gasteiger partial charge in [0.05, 0.1) is 0 Å². The van der Waals surface area contributed by atoms with E-state index >= 15 is 0 Å². The van der Waals surface area contributed by atoms with Crippen molar-refractivity contribution in [3.63, 3.8) is 0 Å². The molecular formula is C9H22N2O. The van der Waals surface area contributed by atoms with Gasteiger partial charge in [-0.2, -0.15) is 0 Å². The third-order valence-electron chi connectivity index (χ3n) is 2.23. The Kier molecular flexibility index (Phi) is 6.34. The molecule has 1 saturated heterocycles. The zero-order valence-corrected chi connectivity index (χ0v) is 7.29. The van der Waals surface area contributed by atoms with E-state index in [0.29, 0.717) is 6.61 Å². The number of nitrogens with zero attached hydrogens (tertiary/aromatic N) is 2. The summed E-state index contributed by atoms with van der Waals surface area (Å²) in [5, 5.41) is 8.61. The molecule has 0 unspecified atom stereocenters. The van der Waals surface area contributed by atoms with Gasteiger partial charge >= 0.3 is 0 Å². The van der Waals surface area contributed by atoms with E-state index in [1.54, 1.807) is 0 Å². The van der Waals surface area contributed by atoms with Gasteiger partial charge in [0.25, 0.3) is 0 Å².